The first-order valence-electron chi connectivity index (χ1n) is 9.97. The van der Waals surface area contributed by atoms with Gasteiger partial charge in [-0.15, -0.1) is 11.3 Å². The minimum atomic E-state index is -0.245. The Morgan fingerprint density at radius 3 is 2.57 bits per heavy atom. The molecule has 0 radical (unpaired) electrons. The van der Waals surface area contributed by atoms with Crippen LogP contribution < -0.4 is 4.74 Å². The standard InChI is InChI=1S/C23H24FN3O2S/c1-17-4-2-3-5-21(17)29-15-23(28)27-12-10-26(11-13-27)14-22-25-20(16-30-22)18-6-8-19(24)9-7-18/h2-9,16H,10-15H2,1H3. The van der Waals surface area contributed by atoms with E-state index in [0.717, 1.165) is 47.2 Å². The van der Waals surface area contributed by atoms with Crippen LogP contribution >= 0.6 is 11.3 Å². The Kier molecular flexibility index (Phi) is 6.40. The average Bonchev–Trinajstić information content (AvgIpc) is 3.22. The maximum absolute atomic E-state index is 13.1. The van der Waals surface area contributed by atoms with E-state index in [4.69, 9.17) is 4.74 Å². The number of ether oxygens (including phenoxy) is 1. The molecule has 1 aliphatic rings. The number of carbonyl (C=O) groups excluding carboxylic acids is 1. The summed E-state index contributed by atoms with van der Waals surface area (Å²) in [7, 11) is 0. The van der Waals surface area contributed by atoms with Gasteiger partial charge in [-0.2, -0.15) is 0 Å². The predicted molar refractivity (Wildman–Crippen MR) is 116 cm³/mol. The van der Waals surface area contributed by atoms with Gasteiger partial charge < -0.3 is 9.64 Å². The fourth-order valence-electron chi connectivity index (χ4n) is 3.43. The van der Waals surface area contributed by atoms with Crippen LogP contribution in [0.1, 0.15) is 10.6 Å². The molecule has 156 valence electrons. The first kappa shape index (κ1) is 20.5. The van der Waals surface area contributed by atoms with Crippen LogP contribution in [-0.4, -0.2) is 53.5 Å². The molecule has 7 heteroatoms. The summed E-state index contributed by atoms with van der Waals surface area (Å²) < 4.78 is 18.8. The summed E-state index contributed by atoms with van der Waals surface area (Å²) in [4.78, 5) is 21.3. The highest BCUT2D eigenvalue weighted by Gasteiger charge is 2.22. The lowest BCUT2D eigenvalue weighted by molar-refractivity contribution is -0.135. The second-order valence-corrected chi connectivity index (χ2v) is 8.29. The van der Waals surface area contributed by atoms with Crippen LogP contribution in [0.4, 0.5) is 4.39 Å². The summed E-state index contributed by atoms with van der Waals surface area (Å²) >= 11 is 1.61. The third kappa shape index (κ3) is 5.04. The van der Waals surface area contributed by atoms with Gasteiger partial charge in [0.05, 0.1) is 12.2 Å². The number of amides is 1. The van der Waals surface area contributed by atoms with Crippen molar-refractivity contribution in [2.45, 2.75) is 13.5 Å². The van der Waals surface area contributed by atoms with E-state index in [0.29, 0.717) is 13.1 Å². The highest BCUT2D eigenvalue weighted by Crippen LogP contribution is 2.23. The van der Waals surface area contributed by atoms with Crippen LogP contribution in [0.2, 0.25) is 0 Å². The molecule has 1 amide bonds. The zero-order chi connectivity index (χ0) is 20.9. The molecule has 2 aromatic carbocycles. The molecule has 1 aromatic heterocycles. The molecule has 0 atom stereocenters. The van der Waals surface area contributed by atoms with Crippen molar-refractivity contribution in [3.63, 3.8) is 0 Å². The zero-order valence-electron chi connectivity index (χ0n) is 16.9. The van der Waals surface area contributed by atoms with Gasteiger partial charge in [-0.3, -0.25) is 9.69 Å². The zero-order valence-corrected chi connectivity index (χ0v) is 17.7. The quantitative estimate of drug-likeness (QED) is 0.599. The SMILES string of the molecule is Cc1ccccc1OCC(=O)N1CCN(Cc2nc(-c3ccc(F)cc3)cs2)CC1. The van der Waals surface area contributed by atoms with E-state index in [2.05, 4.69) is 9.88 Å². The Morgan fingerprint density at radius 2 is 1.83 bits per heavy atom. The largest absolute Gasteiger partial charge is 0.484 e. The Balaban J connectivity index is 1.25. The normalized spacial score (nSPS) is 14.7. The van der Waals surface area contributed by atoms with Crippen LogP contribution in [0.5, 0.6) is 5.75 Å². The molecule has 30 heavy (non-hydrogen) atoms. The fraction of sp³-hybridized carbons (Fsp3) is 0.304. The Hall–Kier alpha value is -2.77. The summed E-state index contributed by atoms with van der Waals surface area (Å²) in [6.45, 7) is 5.78. The molecule has 0 spiro atoms. The number of hydrogen-bond donors (Lipinski definition) is 0. The molecule has 0 bridgehead atoms. The number of aryl methyl sites for hydroxylation is 1. The summed E-state index contributed by atoms with van der Waals surface area (Å²) in [5.41, 5.74) is 2.82. The number of halogens is 1. The summed E-state index contributed by atoms with van der Waals surface area (Å²) in [5, 5.41) is 3.03. The van der Waals surface area contributed by atoms with Gasteiger partial charge in [0.2, 0.25) is 0 Å². The van der Waals surface area contributed by atoms with E-state index in [9.17, 15) is 9.18 Å². The number of carbonyl (C=O) groups is 1. The average molecular weight is 426 g/mol. The first-order valence-corrected chi connectivity index (χ1v) is 10.9. The van der Waals surface area contributed by atoms with Crippen molar-refractivity contribution in [3.8, 4) is 17.0 Å². The molecule has 1 fully saturated rings. The number of para-hydroxylation sites is 1. The van der Waals surface area contributed by atoms with E-state index in [1.807, 2.05) is 41.5 Å². The molecule has 2 heterocycles. The van der Waals surface area contributed by atoms with E-state index in [1.165, 1.54) is 12.1 Å². The van der Waals surface area contributed by atoms with Crippen molar-refractivity contribution in [1.29, 1.82) is 0 Å². The van der Waals surface area contributed by atoms with Gasteiger partial charge in [0, 0.05) is 37.1 Å². The van der Waals surface area contributed by atoms with Crippen molar-refractivity contribution in [2.75, 3.05) is 32.8 Å². The van der Waals surface area contributed by atoms with Gasteiger partial charge in [-0.05, 0) is 42.8 Å². The van der Waals surface area contributed by atoms with Gasteiger partial charge in [0.15, 0.2) is 6.61 Å². The molecule has 5 nitrogen and oxygen atoms in total. The topological polar surface area (TPSA) is 45.7 Å². The number of aromatic nitrogens is 1. The maximum Gasteiger partial charge on any atom is 0.260 e. The van der Waals surface area contributed by atoms with Crippen LogP contribution in [-0.2, 0) is 11.3 Å². The molecule has 0 unspecified atom stereocenters. The number of piperazine rings is 1. The van der Waals surface area contributed by atoms with Crippen molar-refractivity contribution in [1.82, 2.24) is 14.8 Å². The van der Waals surface area contributed by atoms with Crippen molar-refractivity contribution in [2.24, 2.45) is 0 Å². The molecular weight excluding hydrogens is 401 g/mol. The molecule has 1 aliphatic heterocycles. The minimum Gasteiger partial charge on any atom is -0.484 e. The number of nitrogens with zero attached hydrogens (tertiary/aromatic N) is 3. The lowest BCUT2D eigenvalue weighted by Gasteiger charge is -2.34. The van der Waals surface area contributed by atoms with Crippen molar-refractivity contribution < 1.29 is 13.9 Å². The van der Waals surface area contributed by atoms with Crippen molar-refractivity contribution in [3.05, 3.63) is 70.3 Å². The van der Waals surface area contributed by atoms with Gasteiger partial charge in [-0.25, -0.2) is 9.37 Å². The predicted octanol–water partition coefficient (Wildman–Crippen LogP) is 3.98. The first-order chi connectivity index (χ1) is 14.6. The van der Waals surface area contributed by atoms with E-state index in [1.54, 1.807) is 23.5 Å². The maximum atomic E-state index is 13.1. The van der Waals surface area contributed by atoms with E-state index >= 15 is 0 Å². The molecule has 0 N–H and O–H groups in total. The van der Waals surface area contributed by atoms with Gasteiger partial charge in [0.25, 0.3) is 5.91 Å². The molecule has 1 saturated heterocycles. The molecule has 0 aliphatic carbocycles. The number of rotatable bonds is 6. The summed E-state index contributed by atoms with van der Waals surface area (Å²) in [6.07, 6.45) is 0. The van der Waals surface area contributed by atoms with Crippen LogP contribution in [0.25, 0.3) is 11.3 Å². The van der Waals surface area contributed by atoms with Crippen LogP contribution in [0, 0.1) is 12.7 Å². The van der Waals surface area contributed by atoms with E-state index in [-0.39, 0.29) is 18.3 Å². The number of thiazole rings is 1. The summed E-state index contributed by atoms with van der Waals surface area (Å²) in [5.74, 6) is 0.530. The molecule has 3 aromatic rings. The monoisotopic (exact) mass is 425 g/mol. The lowest BCUT2D eigenvalue weighted by Crippen LogP contribution is -2.49. The van der Waals surface area contributed by atoms with Crippen LogP contribution in [0.15, 0.2) is 53.9 Å². The second-order valence-electron chi connectivity index (χ2n) is 7.34. The molecule has 4 rings (SSSR count). The van der Waals surface area contributed by atoms with Crippen molar-refractivity contribution >= 4 is 17.2 Å². The van der Waals surface area contributed by atoms with Crippen LogP contribution in [0.3, 0.4) is 0 Å². The van der Waals surface area contributed by atoms with Gasteiger partial charge >= 0.3 is 0 Å². The number of hydrogen-bond acceptors (Lipinski definition) is 5. The molecule has 0 saturated carbocycles. The number of benzene rings is 2. The van der Waals surface area contributed by atoms with Gasteiger partial charge in [0.1, 0.15) is 16.6 Å². The minimum absolute atomic E-state index is 0.0192. The third-order valence-electron chi connectivity index (χ3n) is 5.22. The Bertz CT molecular complexity index is 998. The second kappa shape index (κ2) is 9.36. The third-order valence-corrected chi connectivity index (χ3v) is 6.05. The van der Waals surface area contributed by atoms with E-state index < -0.39 is 0 Å². The molecular formula is C23H24FN3O2S. The summed E-state index contributed by atoms with van der Waals surface area (Å²) in [6, 6.07) is 14.1. The smallest absolute Gasteiger partial charge is 0.260 e. The highest BCUT2D eigenvalue weighted by molar-refractivity contribution is 7.09. The Morgan fingerprint density at radius 1 is 1.10 bits per heavy atom. The Labute approximate surface area is 179 Å². The van der Waals surface area contributed by atoms with Gasteiger partial charge in [-0.1, -0.05) is 18.2 Å². The highest BCUT2D eigenvalue weighted by atomic mass is 32.1. The lowest BCUT2D eigenvalue weighted by atomic mass is 10.2. The fourth-order valence-corrected chi connectivity index (χ4v) is 4.28.